The summed E-state index contributed by atoms with van der Waals surface area (Å²) in [5.74, 6) is 0.594. The maximum absolute atomic E-state index is 12.3. The average molecular weight is 257 g/mol. The molecule has 0 aliphatic carbocycles. The minimum absolute atomic E-state index is 0.0295. The minimum atomic E-state index is 0.0295. The van der Waals surface area contributed by atoms with Gasteiger partial charge in [0.05, 0.1) is 5.56 Å². The normalized spacial score (nSPS) is 18.9. The molecule has 2 aromatic rings. The Morgan fingerprint density at radius 2 is 2.26 bits per heavy atom. The van der Waals surface area contributed by atoms with Crippen molar-refractivity contribution in [1.82, 2.24) is 15.6 Å². The second kappa shape index (κ2) is 5.05. The van der Waals surface area contributed by atoms with Gasteiger partial charge in [0.15, 0.2) is 0 Å². The van der Waals surface area contributed by atoms with Gasteiger partial charge in [0, 0.05) is 23.1 Å². The number of nitrogens with one attached hydrogen (secondary N) is 3. The highest BCUT2D eigenvalue weighted by Crippen LogP contribution is 2.21. The van der Waals surface area contributed by atoms with Crippen LogP contribution in [0.5, 0.6) is 0 Å². The smallest absolute Gasteiger partial charge is 0.253 e. The second-order valence-corrected chi connectivity index (χ2v) is 5.24. The van der Waals surface area contributed by atoms with Crippen molar-refractivity contribution in [3.63, 3.8) is 0 Å². The summed E-state index contributed by atoms with van der Waals surface area (Å²) in [6, 6.07) is 7.93. The van der Waals surface area contributed by atoms with Crippen LogP contribution in [0.3, 0.4) is 0 Å². The van der Waals surface area contributed by atoms with Crippen LogP contribution in [-0.2, 0) is 0 Å². The van der Waals surface area contributed by atoms with Crippen LogP contribution in [0.25, 0.3) is 10.9 Å². The van der Waals surface area contributed by atoms with E-state index in [-0.39, 0.29) is 5.91 Å². The number of hydrogen-bond acceptors (Lipinski definition) is 2. The van der Waals surface area contributed by atoms with Crippen LogP contribution in [-0.4, -0.2) is 30.5 Å². The molecule has 1 unspecified atom stereocenters. The van der Waals surface area contributed by atoms with Gasteiger partial charge in [-0.3, -0.25) is 4.79 Å². The van der Waals surface area contributed by atoms with E-state index in [0.717, 1.165) is 48.2 Å². The predicted octanol–water partition coefficient (Wildman–Crippen LogP) is 1.82. The molecule has 0 bridgehead atoms. The summed E-state index contributed by atoms with van der Waals surface area (Å²) >= 11 is 0. The third-order valence-electron chi connectivity index (χ3n) is 3.83. The molecule has 4 heteroatoms. The number of carbonyl (C=O) groups excluding carboxylic acids is 1. The van der Waals surface area contributed by atoms with E-state index in [1.54, 1.807) is 0 Å². The summed E-state index contributed by atoms with van der Waals surface area (Å²) in [4.78, 5) is 15.6. The lowest BCUT2D eigenvalue weighted by Crippen LogP contribution is -2.30. The van der Waals surface area contributed by atoms with Gasteiger partial charge in [-0.05, 0) is 38.4 Å². The molecular weight excluding hydrogens is 238 g/mol. The zero-order valence-corrected chi connectivity index (χ0v) is 11.1. The SMILES string of the molecule is Cc1[nH]c2ccccc2c1C(=O)NCC1CCNC1. The van der Waals surface area contributed by atoms with Crippen molar-refractivity contribution in [2.24, 2.45) is 5.92 Å². The van der Waals surface area contributed by atoms with Crippen LogP contribution < -0.4 is 10.6 Å². The van der Waals surface area contributed by atoms with Crippen LogP contribution in [0.1, 0.15) is 22.5 Å². The minimum Gasteiger partial charge on any atom is -0.358 e. The molecule has 4 nitrogen and oxygen atoms in total. The lowest BCUT2D eigenvalue weighted by molar-refractivity contribution is 0.0949. The molecule has 1 atom stereocenters. The third kappa shape index (κ3) is 2.36. The van der Waals surface area contributed by atoms with Crippen LogP contribution >= 0.6 is 0 Å². The van der Waals surface area contributed by atoms with Crippen LogP contribution in [0, 0.1) is 12.8 Å². The molecule has 3 rings (SSSR count). The molecule has 3 N–H and O–H groups in total. The monoisotopic (exact) mass is 257 g/mol. The number of aryl methyl sites for hydroxylation is 1. The summed E-state index contributed by atoms with van der Waals surface area (Å²) in [5.41, 5.74) is 2.73. The Kier molecular flexibility index (Phi) is 3.25. The van der Waals surface area contributed by atoms with E-state index >= 15 is 0 Å². The quantitative estimate of drug-likeness (QED) is 0.785. The molecular formula is C15H19N3O. The number of aromatic nitrogens is 1. The molecule has 1 aromatic carbocycles. The van der Waals surface area contributed by atoms with Gasteiger partial charge in [0.25, 0.3) is 5.91 Å². The van der Waals surface area contributed by atoms with E-state index in [0.29, 0.717) is 5.92 Å². The Morgan fingerprint density at radius 3 is 3.05 bits per heavy atom. The standard InChI is InChI=1S/C15H19N3O/c1-10-14(12-4-2-3-5-13(12)18-10)15(19)17-9-11-6-7-16-8-11/h2-5,11,16,18H,6-9H2,1H3,(H,17,19). The fourth-order valence-corrected chi connectivity index (χ4v) is 2.78. The maximum atomic E-state index is 12.3. The zero-order valence-electron chi connectivity index (χ0n) is 11.1. The summed E-state index contributed by atoms with van der Waals surface area (Å²) in [6.45, 7) is 4.77. The molecule has 1 aliphatic heterocycles. The average Bonchev–Trinajstić information content (AvgIpc) is 3.02. The first-order valence-corrected chi connectivity index (χ1v) is 6.82. The van der Waals surface area contributed by atoms with Crippen LogP contribution in [0.2, 0.25) is 0 Å². The fraction of sp³-hybridized carbons (Fsp3) is 0.400. The number of rotatable bonds is 3. The molecule has 0 spiro atoms. The topological polar surface area (TPSA) is 56.9 Å². The molecule has 1 saturated heterocycles. The number of fused-ring (bicyclic) bond motifs is 1. The highest BCUT2D eigenvalue weighted by molar-refractivity contribution is 6.08. The molecule has 0 radical (unpaired) electrons. The Morgan fingerprint density at radius 1 is 1.42 bits per heavy atom. The van der Waals surface area contributed by atoms with Gasteiger partial charge < -0.3 is 15.6 Å². The summed E-state index contributed by atoms with van der Waals surface area (Å²) in [5, 5.41) is 7.38. The molecule has 1 amide bonds. The fourth-order valence-electron chi connectivity index (χ4n) is 2.78. The Labute approximate surface area is 112 Å². The van der Waals surface area contributed by atoms with Gasteiger partial charge >= 0.3 is 0 Å². The van der Waals surface area contributed by atoms with Crippen molar-refractivity contribution in [2.75, 3.05) is 19.6 Å². The largest absolute Gasteiger partial charge is 0.358 e. The van der Waals surface area contributed by atoms with E-state index in [2.05, 4.69) is 15.6 Å². The van der Waals surface area contributed by atoms with Crippen LogP contribution in [0.15, 0.2) is 24.3 Å². The van der Waals surface area contributed by atoms with E-state index in [4.69, 9.17) is 0 Å². The van der Waals surface area contributed by atoms with Crippen molar-refractivity contribution < 1.29 is 4.79 Å². The molecule has 19 heavy (non-hydrogen) atoms. The lowest BCUT2D eigenvalue weighted by Gasteiger charge is -2.10. The number of amides is 1. The molecule has 1 aliphatic rings. The third-order valence-corrected chi connectivity index (χ3v) is 3.83. The van der Waals surface area contributed by atoms with Gasteiger partial charge in [0.1, 0.15) is 0 Å². The van der Waals surface area contributed by atoms with Gasteiger partial charge in [-0.25, -0.2) is 0 Å². The number of carbonyl (C=O) groups is 1. The van der Waals surface area contributed by atoms with Gasteiger partial charge in [-0.15, -0.1) is 0 Å². The number of hydrogen-bond donors (Lipinski definition) is 3. The number of H-pyrrole nitrogens is 1. The Balaban J connectivity index is 1.79. The summed E-state index contributed by atoms with van der Waals surface area (Å²) in [7, 11) is 0. The Hall–Kier alpha value is -1.81. The second-order valence-electron chi connectivity index (χ2n) is 5.24. The molecule has 1 fully saturated rings. The number of benzene rings is 1. The van der Waals surface area contributed by atoms with E-state index in [1.165, 1.54) is 0 Å². The maximum Gasteiger partial charge on any atom is 0.253 e. The summed E-state index contributed by atoms with van der Waals surface area (Å²) < 4.78 is 0. The highest BCUT2D eigenvalue weighted by atomic mass is 16.1. The van der Waals surface area contributed by atoms with Crippen molar-refractivity contribution in [1.29, 1.82) is 0 Å². The molecule has 100 valence electrons. The highest BCUT2D eigenvalue weighted by Gasteiger charge is 2.18. The van der Waals surface area contributed by atoms with E-state index in [1.807, 2.05) is 31.2 Å². The molecule has 2 heterocycles. The van der Waals surface area contributed by atoms with Crippen molar-refractivity contribution in [3.8, 4) is 0 Å². The van der Waals surface area contributed by atoms with Crippen molar-refractivity contribution in [2.45, 2.75) is 13.3 Å². The van der Waals surface area contributed by atoms with Gasteiger partial charge in [-0.2, -0.15) is 0 Å². The van der Waals surface area contributed by atoms with E-state index < -0.39 is 0 Å². The van der Waals surface area contributed by atoms with Crippen molar-refractivity contribution in [3.05, 3.63) is 35.5 Å². The number of para-hydroxylation sites is 1. The first-order chi connectivity index (χ1) is 9.25. The van der Waals surface area contributed by atoms with E-state index in [9.17, 15) is 4.79 Å². The van der Waals surface area contributed by atoms with Crippen LogP contribution in [0.4, 0.5) is 0 Å². The lowest BCUT2D eigenvalue weighted by atomic mass is 10.1. The van der Waals surface area contributed by atoms with Crippen molar-refractivity contribution >= 4 is 16.8 Å². The van der Waals surface area contributed by atoms with Gasteiger partial charge in [0.2, 0.25) is 0 Å². The first-order valence-electron chi connectivity index (χ1n) is 6.82. The zero-order chi connectivity index (χ0) is 13.2. The summed E-state index contributed by atoms with van der Waals surface area (Å²) in [6.07, 6.45) is 1.15. The Bertz CT molecular complexity index is 596. The van der Waals surface area contributed by atoms with Gasteiger partial charge in [-0.1, -0.05) is 18.2 Å². The molecule has 0 saturated carbocycles. The molecule has 1 aromatic heterocycles. The number of aromatic amines is 1. The first kappa shape index (κ1) is 12.2. The predicted molar refractivity (Wildman–Crippen MR) is 76.3 cm³/mol.